The maximum Gasteiger partial charge on any atom is 0.271 e. The van der Waals surface area contributed by atoms with Gasteiger partial charge in [0, 0.05) is 62.6 Å². The molecule has 10 heteroatoms. The zero-order valence-corrected chi connectivity index (χ0v) is 30.9. The van der Waals surface area contributed by atoms with E-state index in [-0.39, 0.29) is 29.8 Å². The SMILES string of the molecule is Cc1cnc(Oc2cccc(-c3ccc(CCCN4C[C@@H](C)N[C@@H](C)C4)cc3)c2)c(C(=O)NC2CCC(NC(=O)c3cn4c(n3)CCCC4)CC2)c1. The summed E-state index contributed by atoms with van der Waals surface area (Å²) in [6.07, 6.45) is 12.2. The number of nitrogens with zero attached hydrogens (tertiary/aromatic N) is 4. The maximum atomic E-state index is 13.6. The van der Waals surface area contributed by atoms with E-state index in [1.54, 1.807) is 6.20 Å². The lowest BCUT2D eigenvalue weighted by Gasteiger charge is -2.36. The number of pyridine rings is 1. The minimum Gasteiger partial charge on any atom is -0.438 e. The second-order valence-electron chi connectivity index (χ2n) is 15.2. The van der Waals surface area contributed by atoms with Gasteiger partial charge in [-0.2, -0.15) is 0 Å². The van der Waals surface area contributed by atoms with Crippen LogP contribution in [0.1, 0.15) is 96.6 Å². The number of rotatable bonds is 11. The average molecular weight is 704 g/mol. The molecule has 52 heavy (non-hydrogen) atoms. The molecule has 2 atom stereocenters. The Kier molecular flexibility index (Phi) is 11.3. The molecule has 1 saturated heterocycles. The number of imidazole rings is 1. The number of ether oxygens (including phenoxy) is 1. The number of aromatic nitrogens is 3. The molecule has 3 aliphatic rings. The molecular weight excluding hydrogens is 651 g/mol. The molecule has 0 spiro atoms. The maximum absolute atomic E-state index is 13.6. The number of aryl methyl sites for hydroxylation is 4. The van der Waals surface area contributed by atoms with E-state index >= 15 is 0 Å². The molecule has 0 bridgehead atoms. The molecule has 2 aromatic heterocycles. The molecule has 4 heterocycles. The molecule has 4 aromatic rings. The van der Waals surface area contributed by atoms with E-state index in [1.807, 2.05) is 37.4 Å². The number of hydrogen-bond acceptors (Lipinski definition) is 7. The summed E-state index contributed by atoms with van der Waals surface area (Å²) in [7, 11) is 0. The Bertz CT molecular complexity index is 1810. The molecule has 1 aliphatic carbocycles. The first kappa shape index (κ1) is 35.8. The Hall–Kier alpha value is -4.54. The van der Waals surface area contributed by atoms with Gasteiger partial charge < -0.3 is 30.2 Å². The van der Waals surface area contributed by atoms with Gasteiger partial charge in [0.25, 0.3) is 11.8 Å². The summed E-state index contributed by atoms with van der Waals surface area (Å²) < 4.78 is 8.39. The van der Waals surface area contributed by atoms with Gasteiger partial charge in [-0.25, -0.2) is 9.97 Å². The van der Waals surface area contributed by atoms with Crippen molar-refractivity contribution in [1.29, 1.82) is 0 Å². The van der Waals surface area contributed by atoms with E-state index in [2.05, 4.69) is 79.6 Å². The third kappa shape index (κ3) is 9.08. The summed E-state index contributed by atoms with van der Waals surface area (Å²) in [6.45, 7) is 10.7. The largest absolute Gasteiger partial charge is 0.438 e. The fourth-order valence-corrected chi connectivity index (χ4v) is 8.07. The minimum atomic E-state index is -0.199. The van der Waals surface area contributed by atoms with Crippen LogP contribution in [0.25, 0.3) is 11.1 Å². The van der Waals surface area contributed by atoms with Crippen LogP contribution in [0.15, 0.2) is 67.0 Å². The van der Waals surface area contributed by atoms with Gasteiger partial charge >= 0.3 is 0 Å². The van der Waals surface area contributed by atoms with Crippen molar-refractivity contribution in [3.05, 3.63) is 95.2 Å². The number of amides is 2. The van der Waals surface area contributed by atoms with Crippen LogP contribution >= 0.6 is 0 Å². The Morgan fingerprint density at radius 1 is 0.904 bits per heavy atom. The number of benzene rings is 2. The quantitative estimate of drug-likeness (QED) is 0.164. The molecule has 0 radical (unpaired) electrons. The highest BCUT2D eigenvalue weighted by atomic mass is 16.5. The molecule has 2 amide bonds. The third-order valence-electron chi connectivity index (χ3n) is 10.7. The second-order valence-corrected chi connectivity index (χ2v) is 15.2. The molecule has 2 aromatic carbocycles. The average Bonchev–Trinajstić information content (AvgIpc) is 3.58. The zero-order valence-electron chi connectivity index (χ0n) is 30.9. The van der Waals surface area contributed by atoms with Crippen LogP contribution in [0, 0.1) is 6.92 Å². The molecule has 2 fully saturated rings. The van der Waals surface area contributed by atoms with E-state index in [4.69, 9.17) is 4.74 Å². The van der Waals surface area contributed by atoms with Crippen molar-refractivity contribution in [1.82, 2.24) is 35.4 Å². The highest BCUT2D eigenvalue weighted by Crippen LogP contribution is 2.30. The first-order valence-corrected chi connectivity index (χ1v) is 19.3. The first-order valence-electron chi connectivity index (χ1n) is 19.3. The number of hydrogen-bond donors (Lipinski definition) is 3. The fourth-order valence-electron chi connectivity index (χ4n) is 8.07. The number of nitrogens with one attached hydrogen (secondary N) is 3. The summed E-state index contributed by atoms with van der Waals surface area (Å²) in [5.74, 6) is 1.61. The topological polar surface area (TPSA) is 113 Å². The number of fused-ring (bicyclic) bond motifs is 1. The van der Waals surface area contributed by atoms with Crippen LogP contribution in [-0.4, -0.2) is 75.1 Å². The van der Waals surface area contributed by atoms with Crippen LogP contribution in [0.2, 0.25) is 0 Å². The standard InChI is InChI=1S/C42H53N7O3/c1-28-22-37(40(50)45-34-16-18-35(19-17-34)46-41(51)38-27-49-21-5-4-11-39(49)47-38)42(43-24-28)52-36-10-6-9-33(23-36)32-14-12-31(13-15-32)8-7-20-48-25-29(2)44-30(3)26-48/h6,9-10,12-15,22-24,27,29-30,34-35,44H,4-5,7-8,11,16-21,25-26H2,1-3H3,(H,45,50)(H,46,51)/t29-,30+,34?,35?. The van der Waals surface area contributed by atoms with Crippen molar-refractivity contribution in [2.24, 2.45) is 0 Å². The van der Waals surface area contributed by atoms with Gasteiger partial charge in [-0.3, -0.25) is 9.59 Å². The van der Waals surface area contributed by atoms with E-state index < -0.39 is 0 Å². The van der Waals surface area contributed by atoms with Crippen LogP contribution < -0.4 is 20.7 Å². The first-order chi connectivity index (χ1) is 25.3. The van der Waals surface area contributed by atoms with Gasteiger partial charge in [0.05, 0.1) is 0 Å². The van der Waals surface area contributed by atoms with Crippen molar-refractivity contribution < 1.29 is 14.3 Å². The third-order valence-corrected chi connectivity index (χ3v) is 10.7. The lowest BCUT2D eigenvalue weighted by Crippen LogP contribution is -2.54. The van der Waals surface area contributed by atoms with Crippen LogP contribution in [0.4, 0.5) is 0 Å². The lowest BCUT2D eigenvalue weighted by atomic mass is 9.91. The van der Waals surface area contributed by atoms with Crippen molar-refractivity contribution >= 4 is 11.8 Å². The number of carbonyl (C=O) groups is 2. The molecule has 0 unspecified atom stereocenters. The highest BCUT2D eigenvalue weighted by Gasteiger charge is 2.27. The second kappa shape index (κ2) is 16.4. The van der Waals surface area contributed by atoms with E-state index in [0.29, 0.717) is 29.1 Å². The highest BCUT2D eigenvalue weighted by molar-refractivity contribution is 5.97. The van der Waals surface area contributed by atoms with Crippen LogP contribution in [0.3, 0.4) is 0 Å². The normalized spacial score (nSPS) is 22.0. The minimum absolute atomic E-state index is 0.00898. The smallest absolute Gasteiger partial charge is 0.271 e. The van der Waals surface area contributed by atoms with Gasteiger partial charge in [0.15, 0.2) is 0 Å². The van der Waals surface area contributed by atoms with E-state index in [1.165, 1.54) is 5.56 Å². The van der Waals surface area contributed by atoms with E-state index in [0.717, 1.165) is 106 Å². The van der Waals surface area contributed by atoms with Gasteiger partial charge in [-0.1, -0.05) is 36.4 Å². The Labute approximate surface area is 307 Å². The van der Waals surface area contributed by atoms with Gasteiger partial charge in [0.2, 0.25) is 5.88 Å². The summed E-state index contributed by atoms with van der Waals surface area (Å²) in [5.41, 5.74) is 5.31. The van der Waals surface area contributed by atoms with Gasteiger partial charge in [-0.05, 0) is 119 Å². The zero-order chi connectivity index (χ0) is 36.0. The molecule has 1 saturated carbocycles. The summed E-state index contributed by atoms with van der Waals surface area (Å²) in [5, 5.41) is 10.00. The van der Waals surface area contributed by atoms with Crippen LogP contribution in [-0.2, 0) is 19.4 Å². The van der Waals surface area contributed by atoms with Crippen molar-refractivity contribution in [3.8, 4) is 22.8 Å². The Balaban J connectivity index is 0.916. The Morgan fingerprint density at radius 2 is 1.63 bits per heavy atom. The molecule has 274 valence electrons. The van der Waals surface area contributed by atoms with Crippen LogP contribution in [0.5, 0.6) is 11.6 Å². The Morgan fingerprint density at radius 3 is 2.37 bits per heavy atom. The molecule has 10 nitrogen and oxygen atoms in total. The van der Waals surface area contributed by atoms with Gasteiger partial charge in [-0.15, -0.1) is 0 Å². The van der Waals surface area contributed by atoms with E-state index in [9.17, 15) is 9.59 Å². The van der Waals surface area contributed by atoms with Crippen molar-refractivity contribution in [3.63, 3.8) is 0 Å². The monoisotopic (exact) mass is 703 g/mol. The predicted molar refractivity (Wildman–Crippen MR) is 204 cm³/mol. The molecule has 2 aliphatic heterocycles. The van der Waals surface area contributed by atoms with Crippen molar-refractivity contribution in [2.75, 3.05) is 19.6 Å². The summed E-state index contributed by atoms with van der Waals surface area (Å²) >= 11 is 0. The number of piperazine rings is 1. The molecule has 7 rings (SSSR count). The van der Waals surface area contributed by atoms with Crippen molar-refractivity contribution in [2.45, 2.75) is 109 Å². The lowest BCUT2D eigenvalue weighted by molar-refractivity contribution is 0.0888. The summed E-state index contributed by atoms with van der Waals surface area (Å²) in [4.78, 5) is 38.2. The molecular formula is C42H53N7O3. The fraction of sp³-hybridized carbons (Fsp3) is 0.476. The van der Waals surface area contributed by atoms with Gasteiger partial charge in [0.1, 0.15) is 22.8 Å². The molecule has 3 N–H and O–H groups in total. The number of carbonyl (C=O) groups excluding carboxylic acids is 2. The predicted octanol–water partition coefficient (Wildman–Crippen LogP) is 6.47. The summed E-state index contributed by atoms with van der Waals surface area (Å²) in [6, 6.07) is 19.8.